The smallest absolute Gasteiger partial charge is 0.238 e. The van der Waals surface area contributed by atoms with Crippen LogP contribution in [0.2, 0.25) is 0 Å². The first-order chi connectivity index (χ1) is 15.5. The summed E-state index contributed by atoms with van der Waals surface area (Å²) in [6.07, 6.45) is 6.91. The van der Waals surface area contributed by atoms with Crippen molar-refractivity contribution in [3.63, 3.8) is 0 Å². The predicted octanol–water partition coefficient (Wildman–Crippen LogP) is 2.73. The number of fused-ring (bicyclic) bond motifs is 1. The molecule has 0 spiro atoms. The van der Waals surface area contributed by atoms with E-state index in [0.29, 0.717) is 22.3 Å². The molecule has 4 heterocycles. The number of nitrogens with zero attached hydrogens (tertiary/aromatic N) is 6. The predicted molar refractivity (Wildman–Crippen MR) is 114 cm³/mol. The van der Waals surface area contributed by atoms with E-state index in [0.717, 1.165) is 38.1 Å². The van der Waals surface area contributed by atoms with Gasteiger partial charge in [0, 0.05) is 24.5 Å². The summed E-state index contributed by atoms with van der Waals surface area (Å²) in [7, 11) is 1.77. The molecule has 1 aliphatic rings. The summed E-state index contributed by atoms with van der Waals surface area (Å²) < 4.78 is 31.4. The molecule has 164 valence electrons. The van der Waals surface area contributed by atoms with Crippen LogP contribution in [0, 0.1) is 11.6 Å². The molecule has 1 amide bonds. The zero-order chi connectivity index (χ0) is 22.2. The van der Waals surface area contributed by atoms with Crippen molar-refractivity contribution in [2.75, 3.05) is 25.0 Å². The molecular weight excluding hydrogens is 418 g/mol. The molecule has 0 bridgehead atoms. The van der Waals surface area contributed by atoms with E-state index in [4.69, 9.17) is 0 Å². The first-order valence-corrected chi connectivity index (χ1v) is 10.2. The van der Waals surface area contributed by atoms with Crippen molar-refractivity contribution in [1.29, 1.82) is 0 Å². The number of carbonyl (C=O) groups is 1. The highest BCUT2D eigenvalue weighted by atomic mass is 19.1. The number of rotatable bonds is 5. The highest BCUT2D eigenvalue weighted by Gasteiger charge is 2.20. The Bertz CT molecular complexity index is 1290. The normalized spacial score (nSPS) is 14.3. The number of aromatic amines is 1. The zero-order valence-electron chi connectivity index (χ0n) is 17.3. The van der Waals surface area contributed by atoms with E-state index in [9.17, 15) is 13.6 Å². The van der Waals surface area contributed by atoms with E-state index in [1.807, 2.05) is 4.90 Å². The number of hydrogen-bond acceptors (Lipinski definition) is 6. The van der Waals surface area contributed by atoms with Gasteiger partial charge in [-0.3, -0.25) is 19.5 Å². The van der Waals surface area contributed by atoms with Crippen molar-refractivity contribution in [3.8, 4) is 22.6 Å². The van der Waals surface area contributed by atoms with Crippen LogP contribution >= 0.6 is 0 Å². The number of carbonyl (C=O) groups excluding carboxylic acids is 1. The first-order valence-electron chi connectivity index (χ1n) is 10.2. The summed E-state index contributed by atoms with van der Waals surface area (Å²) in [6, 6.07) is 2.15. The van der Waals surface area contributed by atoms with Crippen LogP contribution in [-0.4, -0.2) is 60.4 Å². The van der Waals surface area contributed by atoms with Crippen molar-refractivity contribution < 1.29 is 13.6 Å². The van der Waals surface area contributed by atoms with Gasteiger partial charge in [-0.25, -0.2) is 18.7 Å². The molecule has 1 fully saturated rings. The third-order valence-corrected chi connectivity index (χ3v) is 5.39. The Morgan fingerprint density at radius 3 is 2.62 bits per heavy atom. The topological polar surface area (TPSA) is 105 Å². The van der Waals surface area contributed by atoms with Gasteiger partial charge in [-0.1, -0.05) is 0 Å². The van der Waals surface area contributed by atoms with E-state index in [1.54, 1.807) is 24.1 Å². The molecule has 5 rings (SSSR count). The summed E-state index contributed by atoms with van der Waals surface area (Å²) in [4.78, 5) is 22.7. The second kappa shape index (κ2) is 8.08. The number of likely N-dealkylation sites (tertiary alicyclic amines) is 1. The molecule has 0 atom stereocenters. The van der Waals surface area contributed by atoms with E-state index >= 15 is 0 Å². The van der Waals surface area contributed by atoms with Gasteiger partial charge in [0.15, 0.2) is 5.82 Å². The second-order valence-electron chi connectivity index (χ2n) is 7.78. The van der Waals surface area contributed by atoms with Crippen molar-refractivity contribution in [3.05, 3.63) is 42.4 Å². The van der Waals surface area contributed by atoms with Crippen LogP contribution in [0.15, 0.2) is 30.7 Å². The van der Waals surface area contributed by atoms with E-state index in [2.05, 4.69) is 30.6 Å². The number of amides is 1. The average Bonchev–Trinajstić information content (AvgIpc) is 3.48. The second-order valence-corrected chi connectivity index (χ2v) is 7.78. The molecule has 1 aliphatic heterocycles. The van der Waals surface area contributed by atoms with Gasteiger partial charge in [-0.05, 0) is 38.1 Å². The Morgan fingerprint density at radius 2 is 1.94 bits per heavy atom. The van der Waals surface area contributed by atoms with Crippen molar-refractivity contribution >= 4 is 22.6 Å². The number of nitrogens with one attached hydrogen (secondary N) is 2. The lowest BCUT2D eigenvalue weighted by Gasteiger charge is -2.14. The van der Waals surface area contributed by atoms with Gasteiger partial charge in [0.05, 0.1) is 24.5 Å². The van der Waals surface area contributed by atoms with Crippen molar-refractivity contribution in [2.45, 2.75) is 12.8 Å². The third kappa shape index (κ3) is 3.82. The van der Waals surface area contributed by atoms with Crippen molar-refractivity contribution in [1.82, 2.24) is 34.8 Å². The molecule has 1 saturated heterocycles. The molecule has 0 unspecified atom stereocenters. The maximum atomic E-state index is 14.9. The maximum absolute atomic E-state index is 14.9. The van der Waals surface area contributed by atoms with E-state index in [1.165, 1.54) is 6.20 Å². The number of halogens is 2. The van der Waals surface area contributed by atoms with E-state index < -0.39 is 11.6 Å². The van der Waals surface area contributed by atoms with Crippen LogP contribution in [0.5, 0.6) is 0 Å². The molecule has 1 aromatic carbocycles. The molecule has 4 aromatic rings. The minimum Gasteiger partial charge on any atom is -0.325 e. The van der Waals surface area contributed by atoms with Gasteiger partial charge in [-0.15, -0.1) is 0 Å². The molecule has 2 N–H and O–H groups in total. The van der Waals surface area contributed by atoms with Gasteiger partial charge in [0.1, 0.15) is 28.4 Å². The monoisotopic (exact) mass is 438 g/mol. The van der Waals surface area contributed by atoms with Crippen LogP contribution in [0.3, 0.4) is 0 Å². The van der Waals surface area contributed by atoms with E-state index in [-0.39, 0.29) is 29.5 Å². The zero-order valence-corrected chi connectivity index (χ0v) is 17.3. The lowest BCUT2D eigenvalue weighted by Crippen LogP contribution is -2.30. The minimum atomic E-state index is -0.868. The van der Waals surface area contributed by atoms with Crippen LogP contribution < -0.4 is 5.32 Å². The number of aryl methyl sites for hydroxylation is 1. The number of hydrogen-bond donors (Lipinski definition) is 2. The fourth-order valence-corrected chi connectivity index (χ4v) is 3.88. The fraction of sp³-hybridized carbons (Fsp3) is 0.286. The molecule has 0 saturated carbocycles. The highest BCUT2D eigenvalue weighted by molar-refractivity contribution is 5.93. The Balaban J connectivity index is 1.44. The van der Waals surface area contributed by atoms with Gasteiger partial charge >= 0.3 is 0 Å². The molecular formula is C21H20F2N8O. The van der Waals surface area contributed by atoms with Gasteiger partial charge in [0.2, 0.25) is 5.91 Å². The Hall–Kier alpha value is -3.73. The van der Waals surface area contributed by atoms with Crippen LogP contribution in [0.4, 0.5) is 14.5 Å². The van der Waals surface area contributed by atoms with Crippen LogP contribution in [0.1, 0.15) is 12.8 Å². The number of benzene rings is 1. The molecule has 0 radical (unpaired) electrons. The number of anilines is 1. The van der Waals surface area contributed by atoms with Crippen LogP contribution in [0.25, 0.3) is 33.7 Å². The largest absolute Gasteiger partial charge is 0.325 e. The Kier molecular flexibility index (Phi) is 5.10. The fourth-order valence-electron chi connectivity index (χ4n) is 3.88. The molecule has 3 aromatic heterocycles. The highest BCUT2D eigenvalue weighted by Crippen LogP contribution is 2.30. The summed E-state index contributed by atoms with van der Waals surface area (Å²) in [5.41, 5.74) is 1.84. The quantitative estimate of drug-likeness (QED) is 0.497. The lowest BCUT2D eigenvalue weighted by atomic mass is 10.1. The molecule has 32 heavy (non-hydrogen) atoms. The third-order valence-electron chi connectivity index (χ3n) is 5.39. The molecule has 11 heteroatoms. The number of aromatic nitrogens is 6. The standard InChI is InChI=1S/C21H20F2N8O/c1-30-10-12(8-25-30)19-20-16(28-29-19)9-24-21(27-20)18-14(22)6-13(7-15(18)23)26-17(32)11-31-4-2-3-5-31/h6-10H,2-5,11H2,1H3,(H,26,32)(H,28,29). The first kappa shape index (κ1) is 20.2. The van der Waals surface area contributed by atoms with Gasteiger partial charge in [-0.2, -0.15) is 10.2 Å². The number of H-pyrrole nitrogens is 1. The minimum absolute atomic E-state index is 0.0494. The lowest BCUT2D eigenvalue weighted by molar-refractivity contribution is -0.117. The van der Waals surface area contributed by atoms with Crippen molar-refractivity contribution in [2.24, 2.45) is 7.05 Å². The average molecular weight is 438 g/mol. The van der Waals surface area contributed by atoms with Crippen LogP contribution in [-0.2, 0) is 11.8 Å². The maximum Gasteiger partial charge on any atom is 0.238 e. The van der Waals surface area contributed by atoms with Gasteiger partial charge < -0.3 is 5.32 Å². The van der Waals surface area contributed by atoms with Gasteiger partial charge in [0.25, 0.3) is 0 Å². The summed E-state index contributed by atoms with van der Waals surface area (Å²) in [5.74, 6) is -2.16. The molecule has 9 nitrogen and oxygen atoms in total. The molecule has 0 aliphatic carbocycles. The Morgan fingerprint density at radius 1 is 1.19 bits per heavy atom. The summed E-state index contributed by atoms with van der Waals surface area (Å²) in [6.45, 7) is 1.90. The summed E-state index contributed by atoms with van der Waals surface area (Å²) >= 11 is 0. The Labute approximate surface area is 181 Å². The SMILES string of the molecule is Cn1cc(-c2n[nH]c3cnc(-c4c(F)cc(NC(=O)CN5CCCC5)cc4F)nc23)cn1. The summed E-state index contributed by atoms with van der Waals surface area (Å²) in [5, 5.41) is 13.7.